The van der Waals surface area contributed by atoms with Crippen molar-refractivity contribution >= 4 is 11.9 Å². The number of para-hydroxylation sites is 2. The van der Waals surface area contributed by atoms with Gasteiger partial charge in [-0.05, 0) is 36.4 Å². The maximum Gasteiger partial charge on any atom is 0.338 e. The Morgan fingerprint density at radius 1 is 0.632 bits per heavy atom. The molecule has 7 heteroatoms. The average Bonchev–Trinajstić information content (AvgIpc) is 2.95. The second-order valence-corrected chi connectivity index (χ2v) is 8.82. The van der Waals surface area contributed by atoms with Crippen LogP contribution in [0, 0.1) is 12.5 Å². The Bertz CT molecular complexity index is 1540. The zero-order valence-electron chi connectivity index (χ0n) is 20.2. The Morgan fingerprint density at radius 3 is 2.00 bits per heavy atom. The van der Waals surface area contributed by atoms with Gasteiger partial charge in [0.25, 0.3) is 0 Å². The lowest BCUT2D eigenvalue weighted by Crippen LogP contribution is -2.13. The van der Waals surface area contributed by atoms with Crippen LogP contribution >= 0.6 is 0 Å². The Balaban J connectivity index is 0.994. The minimum absolute atomic E-state index is 0.0727. The van der Waals surface area contributed by atoms with E-state index in [9.17, 15) is 14.7 Å². The lowest BCUT2D eigenvalue weighted by atomic mass is 9.96. The quantitative estimate of drug-likeness (QED) is 0.216. The van der Waals surface area contributed by atoms with Crippen LogP contribution in [0.15, 0.2) is 84.9 Å². The minimum atomic E-state index is -0.538. The Labute approximate surface area is 219 Å². The number of carbonyl (C=O) groups is 2. The summed E-state index contributed by atoms with van der Waals surface area (Å²) in [5.74, 6) is 1.19. The number of ether oxygens (including phenoxy) is 4. The van der Waals surface area contributed by atoms with Crippen molar-refractivity contribution in [3.05, 3.63) is 131 Å². The molecule has 4 aromatic carbocycles. The summed E-state index contributed by atoms with van der Waals surface area (Å²) >= 11 is 0. The Hall–Kier alpha value is -4.62. The molecule has 2 aliphatic rings. The third-order valence-corrected chi connectivity index (χ3v) is 6.29. The molecular formula is C31H22O7. The maximum absolute atomic E-state index is 12.5. The lowest BCUT2D eigenvalue weighted by molar-refractivity contribution is 0.0395. The predicted molar refractivity (Wildman–Crippen MR) is 137 cm³/mol. The highest BCUT2D eigenvalue weighted by Crippen LogP contribution is 2.42. The summed E-state index contributed by atoms with van der Waals surface area (Å²) in [6.07, 6.45) is 2.44. The number of carbonyl (C=O) groups excluding carboxylic acids is 2. The van der Waals surface area contributed by atoms with Gasteiger partial charge in [-0.15, -0.1) is 0 Å². The van der Waals surface area contributed by atoms with Crippen molar-refractivity contribution < 1.29 is 33.6 Å². The van der Waals surface area contributed by atoms with E-state index in [4.69, 9.17) is 18.9 Å². The summed E-state index contributed by atoms with van der Waals surface area (Å²) in [4.78, 5) is 25.0. The molecule has 0 fully saturated rings. The van der Waals surface area contributed by atoms with E-state index in [1.807, 2.05) is 42.8 Å². The molecule has 6 rings (SSSR count). The molecule has 7 nitrogen and oxygen atoms in total. The summed E-state index contributed by atoms with van der Waals surface area (Å²) in [5, 5.41) is 10.5. The molecule has 0 spiro atoms. The van der Waals surface area contributed by atoms with Crippen molar-refractivity contribution in [2.24, 2.45) is 0 Å². The standard InChI is InChI=1S/C31H22O7/c32-29-23-7-2-4-9-26(23)38-28-18-22(12-13-24(28)29)31(34)36-15-5-14-35-30(33)21-11-10-20-16-19-6-1-3-8-25(19)37-27(20)17-21/h1-4,6-13,16-18,32H,5,14-15H2. The van der Waals surface area contributed by atoms with Crippen molar-refractivity contribution in [2.45, 2.75) is 6.42 Å². The van der Waals surface area contributed by atoms with E-state index in [0.29, 0.717) is 45.9 Å². The van der Waals surface area contributed by atoms with Crippen LogP contribution in [0.4, 0.5) is 0 Å². The second kappa shape index (κ2) is 10.0. The van der Waals surface area contributed by atoms with Crippen LogP contribution in [0.25, 0.3) is 0 Å². The number of fused-ring (bicyclic) bond motifs is 4. The van der Waals surface area contributed by atoms with Gasteiger partial charge >= 0.3 is 11.9 Å². The van der Waals surface area contributed by atoms with Gasteiger partial charge in [-0.25, -0.2) is 9.59 Å². The van der Waals surface area contributed by atoms with Crippen LogP contribution in [0.5, 0.6) is 23.0 Å². The molecule has 0 bridgehead atoms. The van der Waals surface area contributed by atoms with E-state index in [1.165, 1.54) is 6.07 Å². The highest BCUT2D eigenvalue weighted by atomic mass is 16.5. The predicted octanol–water partition coefficient (Wildman–Crippen LogP) is 6.20. The van der Waals surface area contributed by atoms with E-state index >= 15 is 0 Å². The first-order chi connectivity index (χ1) is 18.6. The van der Waals surface area contributed by atoms with Gasteiger partial charge in [0, 0.05) is 35.1 Å². The molecule has 0 amide bonds. The zero-order valence-corrected chi connectivity index (χ0v) is 20.2. The molecule has 0 aromatic heterocycles. The second-order valence-electron chi connectivity index (χ2n) is 8.82. The van der Waals surface area contributed by atoms with Crippen LogP contribution < -0.4 is 9.47 Å². The molecule has 1 N–H and O–H groups in total. The fraction of sp³-hybridized carbons (Fsp3) is 0.0968. The molecule has 2 aliphatic heterocycles. The fourth-order valence-electron chi connectivity index (χ4n) is 4.35. The highest BCUT2D eigenvalue weighted by molar-refractivity contribution is 5.91. The van der Waals surface area contributed by atoms with Gasteiger partial charge in [0.05, 0.1) is 24.3 Å². The normalized spacial score (nSPS) is 13.1. The fourth-order valence-corrected chi connectivity index (χ4v) is 4.35. The average molecular weight is 507 g/mol. The van der Waals surface area contributed by atoms with E-state index in [0.717, 1.165) is 16.9 Å². The number of rotatable bonds is 6. The maximum atomic E-state index is 12.5. The van der Waals surface area contributed by atoms with E-state index in [-0.39, 0.29) is 19.3 Å². The monoisotopic (exact) mass is 506 g/mol. The van der Waals surface area contributed by atoms with Gasteiger partial charge in [-0.2, -0.15) is 0 Å². The molecule has 2 radical (unpaired) electrons. The smallest absolute Gasteiger partial charge is 0.338 e. The first kappa shape index (κ1) is 23.8. The van der Waals surface area contributed by atoms with Crippen molar-refractivity contribution in [3.63, 3.8) is 0 Å². The first-order valence-corrected chi connectivity index (χ1v) is 12.1. The van der Waals surface area contributed by atoms with Gasteiger partial charge in [-0.1, -0.05) is 48.5 Å². The van der Waals surface area contributed by atoms with Gasteiger partial charge in [-0.3, -0.25) is 0 Å². The van der Waals surface area contributed by atoms with Crippen molar-refractivity contribution in [1.82, 2.24) is 0 Å². The number of benzene rings is 4. The number of aliphatic hydroxyl groups excluding tert-OH is 1. The van der Waals surface area contributed by atoms with Crippen LogP contribution in [-0.4, -0.2) is 30.3 Å². The SMILES string of the molecule is O=C(OCCCOC(=O)c1ccc2c(c1)Oc1ccccc1[C]2O)c1ccc2c(c1)Oc1ccccc1[CH]2. The third kappa shape index (κ3) is 4.60. The molecule has 38 heavy (non-hydrogen) atoms. The molecular weight excluding hydrogens is 484 g/mol. The molecule has 4 aromatic rings. The van der Waals surface area contributed by atoms with E-state index in [2.05, 4.69) is 0 Å². The summed E-state index contributed by atoms with van der Waals surface area (Å²) in [6.45, 7) is 0.162. The summed E-state index contributed by atoms with van der Waals surface area (Å²) in [5.41, 5.74) is 3.63. The molecule has 0 atom stereocenters. The summed E-state index contributed by atoms with van der Waals surface area (Å²) in [7, 11) is 0. The van der Waals surface area contributed by atoms with Crippen LogP contribution in [0.1, 0.15) is 49.4 Å². The van der Waals surface area contributed by atoms with Gasteiger partial charge < -0.3 is 24.1 Å². The highest BCUT2D eigenvalue weighted by Gasteiger charge is 2.27. The van der Waals surface area contributed by atoms with E-state index < -0.39 is 11.9 Å². The van der Waals surface area contributed by atoms with Crippen molar-refractivity contribution in [3.8, 4) is 23.0 Å². The van der Waals surface area contributed by atoms with Crippen LogP contribution in [0.2, 0.25) is 0 Å². The largest absolute Gasteiger partial charge is 0.462 e. The molecule has 0 saturated heterocycles. The molecule has 188 valence electrons. The Kier molecular flexibility index (Phi) is 6.27. The number of hydrogen-bond acceptors (Lipinski definition) is 7. The van der Waals surface area contributed by atoms with E-state index in [1.54, 1.807) is 42.5 Å². The molecule has 0 saturated carbocycles. The summed E-state index contributed by atoms with van der Waals surface area (Å²) in [6, 6.07) is 24.7. The molecule has 0 unspecified atom stereocenters. The van der Waals surface area contributed by atoms with Gasteiger partial charge in [0.2, 0.25) is 0 Å². The molecule has 0 aliphatic carbocycles. The zero-order chi connectivity index (χ0) is 26.1. The van der Waals surface area contributed by atoms with Crippen LogP contribution in [-0.2, 0) is 9.47 Å². The van der Waals surface area contributed by atoms with Crippen molar-refractivity contribution in [1.29, 1.82) is 0 Å². The van der Waals surface area contributed by atoms with Gasteiger partial charge in [0.15, 0.2) is 6.10 Å². The first-order valence-electron chi connectivity index (χ1n) is 12.1. The number of aliphatic hydroxyl groups is 1. The third-order valence-electron chi connectivity index (χ3n) is 6.29. The minimum Gasteiger partial charge on any atom is -0.462 e. The Morgan fingerprint density at radius 2 is 1.21 bits per heavy atom. The van der Waals surface area contributed by atoms with Gasteiger partial charge in [0.1, 0.15) is 23.0 Å². The topological polar surface area (TPSA) is 91.3 Å². The van der Waals surface area contributed by atoms with Crippen molar-refractivity contribution in [2.75, 3.05) is 13.2 Å². The molecule has 2 heterocycles. The number of esters is 2. The lowest BCUT2D eigenvalue weighted by Gasteiger charge is -2.24. The van der Waals surface area contributed by atoms with Crippen LogP contribution in [0.3, 0.4) is 0 Å². The summed E-state index contributed by atoms with van der Waals surface area (Å²) < 4.78 is 22.4. The number of hydrogen-bond donors (Lipinski definition) is 1.